The molecule has 0 aliphatic heterocycles. The predicted octanol–water partition coefficient (Wildman–Crippen LogP) is 2.83. The molecule has 3 N–H and O–H groups in total. The monoisotopic (exact) mass is 275 g/mol. The molecule has 1 atom stereocenters. The van der Waals surface area contributed by atoms with E-state index in [1.54, 1.807) is 35.6 Å². The molecule has 0 aliphatic rings. The summed E-state index contributed by atoms with van der Waals surface area (Å²) in [5.74, 6) is -0.0991. The van der Waals surface area contributed by atoms with E-state index in [2.05, 4.69) is 10.3 Å². The van der Waals surface area contributed by atoms with Crippen LogP contribution in [-0.2, 0) is 0 Å². The van der Waals surface area contributed by atoms with Crippen molar-refractivity contribution in [2.75, 3.05) is 5.73 Å². The summed E-state index contributed by atoms with van der Waals surface area (Å²) in [6.45, 7) is 5.90. The minimum atomic E-state index is -0.0991. The molecule has 0 saturated heterocycles. The number of nitrogens with two attached hydrogens (primary N) is 1. The second-order valence-corrected chi connectivity index (χ2v) is 5.73. The molecule has 0 radical (unpaired) electrons. The Morgan fingerprint density at radius 2 is 1.95 bits per heavy atom. The van der Waals surface area contributed by atoms with Crippen LogP contribution >= 0.6 is 11.3 Å². The molecule has 4 nitrogen and oxygen atoms in total. The summed E-state index contributed by atoms with van der Waals surface area (Å²) in [5.41, 5.74) is 7.85. The number of rotatable bonds is 3. The normalized spacial score (nSPS) is 12.2. The highest BCUT2D eigenvalue weighted by atomic mass is 32.1. The van der Waals surface area contributed by atoms with Gasteiger partial charge < -0.3 is 11.1 Å². The third-order valence-corrected chi connectivity index (χ3v) is 4.11. The summed E-state index contributed by atoms with van der Waals surface area (Å²) >= 11 is 1.62. The minimum absolute atomic E-state index is 0.0451. The predicted molar refractivity (Wildman–Crippen MR) is 78.3 cm³/mol. The number of benzene rings is 1. The lowest BCUT2D eigenvalue weighted by Gasteiger charge is -2.13. The van der Waals surface area contributed by atoms with Crippen molar-refractivity contribution < 1.29 is 4.79 Å². The minimum Gasteiger partial charge on any atom is -0.399 e. The molecule has 0 bridgehead atoms. The van der Waals surface area contributed by atoms with E-state index in [4.69, 9.17) is 5.73 Å². The van der Waals surface area contributed by atoms with E-state index in [1.807, 2.05) is 20.8 Å². The second-order valence-electron chi connectivity index (χ2n) is 4.50. The average molecular weight is 275 g/mol. The van der Waals surface area contributed by atoms with Gasteiger partial charge in [-0.05, 0) is 45.0 Å². The molecule has 19 heavy (non-hydrogen) atoms. The first-order chi connectivity index (χ1) is 8.97. The van der Waals surface area contributed by atoms with E-state index >= 15 is 0 Å². The van der Waals surface area contributed by atoms with E-state index in [0.29, 0.717) is 11.3 Å². The van der Waals surface area contributed by atoms with Crippen molar-refractivity contribution in [2.45, 2.75) is 26.8 Å². The number of aryl methyl sites for hydroxylation is 2. The van der Waals surface area contributed by atoms with Crippen LogP contribution in [0.2, 0.25) is 0 Å². The van der Waals surface area contributed by atoms with Crippen LogP contribution in [0.3, 0.4) is 0 Å². The summed E-state index contributed by atoms with van der Waals surface area (Å²) in [6, 6.07) is 6.85. The fourth-order valence-corrected chi connectivity index (χ4v) is 2.86. The summed E-state index contributed by atoms with van der Waals surface area (Å²) in [6.07, 6.45) is 0. The van der Waals surface area contributed by atoms with Crippen LogP contribution in [0.25, 0.3) is 0 Å². The first-order valence-electron chi connectivity index (χ1n) is 6.07. The Bertz CT molecular complexity index is 589. The van der Waals surface area contributed by atoms with Gasteiger partial charge in [0.25, 0.3) is 5.91 Å². The van der Waals surface area contributed by atoms with Crippen molar-refractivity contribution in [3.05, 3.63) is 45.4 Å². The second kappa shape index (κ2) is 5.40. The van der Waals surface area contributed by atoms with Gasteiger partial charge in [-0.25, -0.2) is 4.98 Å². The number of nitrogens with zero attached hydrogens (tertiary/aromatic N) is 1. The summed E-state index contributed by atoms with van der Waals surface area (Å²) in [5, 5.41) is 3.99. The molecule has 1 heterocycles. The van der Waals surface area contributed by atoms with Crippen LogP contribution in [0.15, 0.2) is 24.3 Å². The van der Waals surface area contributed by atoms with Gasteiger partial charge in [0.15, 0.2) is 0 Å². The fourth-order valence-electron chi connectivity index (χ4n) is 1.93. The molecule has 2 aromatic rings. The van der Waals surface area contributed by atoms with Gasteiger partial charge in [-0.1, -0.05) is 0 Å². The fraction of sp³-hybridized carbons (Fsp3) is 0.286. The van der Waals surface area contributed by atoms with Crippen molar-refractivity contribution >= 4 is 22.9 Å². The van der Waals surface area contributed by atoms with E-state index in [9.17, 15) is 4.79 Å². The maximum Gasteiger partial charge on any atom is 0.251 e. The van der Waals surface area contributed by atoms with Gasteiger partial charge in [0.1, 0.15) is 0 Å². The van der Waals surface area contributed by atoms with E-state index < -0.39 is 0 Å². The Labute approximate surface area is 116 Å². The molecule has 1 aromatic carbocycles. The number of hydrogen-bond donors (Lipinski definition) is 2. The smallest absolute Gasteiger partial charge is 0.251 e. The average Bonchev–Trinajstić information content (AvgIpc) is 2.69. The zero-order valence-corrected chi connectivity index (χ0v) is 12.0. The van der Waals surface area contributed by atoms with Crippen molar-refractivity contribution in [3.63, 3.8) is 0 Å². The lowest BCUT2D eigenvalue weighted by atomic mass is 10.1. The largest absolute Gasteiger partial charge is 0.399 e. The van der Waals surface area contributed by atoms with E-state index in [-0.39, 0.29) is 11.9 Å². The third kappa shape index (κ3) is 3.12. The highest BCUT2D eigenvalue weighted by Crippen LogP contribution is 2.24. The maximum absolute atomic E-state index is 12.1. The SMILES string of the molecule is Cc1nc(C)c(C(C)NC(=O)c2ccc(N)cc2)s1. The van der Waals surface area contributed by atoms with Crippen molar-refractivity contribution in [2.24, 2.45) is 0 Å². The molecule has 1 amide bonds. The van der Waals surface area contributed by atoms with Crippen LogP contribution < -0.4 is 11.1 Å². The third-order valence-electron chi connectivity index (χ3n) is 2.85. The van der Waals surface area contributed by atoms with Crippen molar-refractivity contribution in [3.8, 4) is 0 Å². The highest BCUT2D eigenvalue weighted by Gasteiger charge is 2.16. The van der Waals surface area contributed by atoms with Gasteiger partial charge in [0.2, 0.25) is 0 Å². The standard InChI is InChI=1S/C14H17N3OS/c1-8-13(19-10(3)16-8)9(2)17-14(18)11-4-6-12(15)7-5-11/h4-7,9H,15H2,1-3H3,(H,17,18). The number of amides is 1. The molecule has 1 unspecified atom stereocenters. The quantitative estimate of drug-likeness (QED) is 0.846. The Morgan fingerprint density at radius 3 is 2.47 bits per heavy atom. The van der Waals surface area contributed by atoms with Gasteiger partial charge >= 0.3 is 0 Å². The Morgan fingerprint density at radius 1 is 1.32 bits per heavy atom. The molecule has 5 heteroatoms. The van der Waals surface area contributed by atoms with Crippen LogP contribution in [-0.4, -0.2) is 10.9 Å². The van der Waals surface area contributed by atoms with Gasteiger partial charge in [-0.3, -0.25) is 4.79 Å². The summed E-state index contributed by atoms with van der Waals surface area (Å²) < 4.78 is 0. The Hall–Kier alpha value is -1.88. The molecule has 0 aliphatic carbocycles. The molecular weight excluding hydrogens is 258 g/mol. The van der Waals surface area contributed by atoms with Crippen LogP contribution in [0.5, 0.6) is 0 Å². The Kier molecular flexibility index (Phi) is 3.85. The van der Waals surface area contributed by atoms with Gasteiger partial charge in [-0.2, -0.15) is 0 Å². The highest BCUT2D eigenvalue weighted by molar-refractivity contribution is 7.11. The van der Waals surface area contributed by atoms with Crippen molar-refractivity contribution in [1.29, 1.82) is 0 Å². The van der Waals surface area contributed by atoms with Crippen LogP contribution in [0, 0.1) is 13.8 Å². The molecule has 1 aromatic heterocycles. The molecule has 0 fully saturated rings. The lowest BCUT2D eigenvalue weighted by Crippen LogP contribution is -2.26. The molecular formula is C14H17N3OS. The first-order valence-corrected chi connectivity index (χ1v) is 6.89. The number of carbonyl (C=O) groups excluding carboxylic acids is 1. The van der Waals surface area contributed by atoms with Crippen LogP contribution in [0.1, 0.15) is 38.9 Å². The lowest BCUT2D eigenvalue weighted by molar-refractivity contribution is 0.0940. The molecule has 100 valence electrons. The molecule has 0 saturated carbocycles. The van der Waals surface area contributed by atoms with Crippen LogP contribution in [0.4, 0.5) is 5.69 Å². The number of hydrogen-bond acceptors (Lipinski definition) is 4. The summed E-state index contributed by atoms with van der Waals surface area (Å²) in [7, 11) is 0. The number of aromatic nitrogens is 1. The number of thiazole rings is 1. The molecule has 0 spiro atoms. The molecule has 2 rings (SSSR count). The summed E-state index contributed by atoms with van der Waals surface area (Å²) in [4.78, 5) is 17.6. The zero-order chi connectivity index (χ0) is 14.0. The number of nitrogens with one attached hydrogen (secondary N) is 1. The van der Waals surface area contributed by atoms with Crippen molar-refractivity contribution in [1.82, 2.24) is 10.3 Å². The number of carbonyl (C=O) groups is 1. The van der Waals surface area contributed by atoms with Gasteiger partial charge in [0, 0.05) is 16.1 Å². The number of anilines is 1. The van der Waals surface area contributed by atoms with Gasteiger partial charge in [-0.15, -0.1) is 11.3 Å². The Balaban J connectivity index is 2.10. The van der Waals surface area contributed by atoms with Gasteiger partial charge in [0.05, 0.1) is 16.7 Å². The zero-order valence-electron chi connectivity index (χ0n) is 11.2. The maximum atomic E-state index is 12.1. The van der Waals surface area contributed by atoms with E-state index in [0.717, 1.165) is 15.6 Å². The number of nitrogen functional groups attached to an aromatic ring is 1. The topological polar surface area (TPSA) is 68.0 Å². The van der Waals surface area contributed by atoms with E-state index in [1.165, 1.54) is 0 Å². The first kappa shape index (κ1) is 13.5.